The highest BCUT2D eigenvalue weighted by Gasteiger charge is 2.38. The van der Waals surface area contributed by atoms with Crippen molar-refractivity contribution in [1.29, 1.82) is 0 Å². The zero-order valence-corrected chi connectivity index (χ0v) is 10.3. The van der Waals surface area contributed by atoms with E-state index in [9.17, 15) is 8.78 Å². The highest BCUT2D eigenvalue weighted by atomic mass is 19.3. The molecular weight excluding hydrogens is 208 g/mol. The first-order valence-electron chi connectivity index (χ1n) is 5.65. The van der Waals surface area contributed by atoms with Gasteiger partial charge < -0.3 is 0 Å². The van der Waals surface area contributed by atoms with Crippen LogP contribution in [0.2, 0.25) is 0 Å². The Morgan fingerprint density at radius 1 is 1.25 bits per heavy atom. The number of alkyl halides is 2. The van der Waals surface area contributed by atoms with E-state index in [-0.39, 0.29) is 12.1 Å². The Labute approximate surface area is 96.1 Å². The molecule has 1 aromatic rings. The Bertz CT molecular complexity index is 361. The maximum absolute atomic E-state index is 13.6. The molecule has 0 saturated heterocycles. The van der Waals surface area contributed by atoms with Crippen molar-refractivity contribution in [2.24, 2.45) is 0 Å². The molecule has 0 fully saturated rings. The van der Waals surface area contributed by atoms with Crippen molar-refractivity contribution in [1.82, 2.24) is 4.90 Å². The van der Waals surface area contributed by atoms with Crippen molar-refractivity contribution in [2.45, 2.75) is 33.2 Å². The van der Waals surface area contributed by atoms with Crippen molar-refractivity contribution in [2.75, 3.05) is 13.6 Å². The molecule has 0 radical (unpaired) electrons. The third-order valence-electron chi connectivity index (χ3n) is 2.57. The van der Waals surface area contributed by atoms with Gasteiger partial charge in [0.15, 0.2) is 0 Å². The third-order valence-corrected chi connectivity index (χ3v) is 2.57. The Balaban J connectivity index is 0.000000606. The van der Waals surface area contributed by atoms with E-state index in [1.54, 1.807) is 24.1 Å². The fourth-order valence-corrected chi connectivity index (χ4v) is 1.94. The molecule has 0 aromatic heterocycles. The van der Waals surface area contributed by atoms with Crippen molar-refractivity contribution in [3.8, 4) is 0 Å². The number of likely N-dealkylation sites (N-methyl/N-ethyl adjacent to an activating group) is 1. The number of hydrogen-bond acceptors (Lipinski definition) is 1. The minimum Gasteiger partial charge on any atom is -0.296 e. The summed E-state index contributed by atoms with van der Waals surface area (Å²) in [4.78, 5) is 1.65. The van der Waals surface area contributed by atoms with Crippen LogP contribution < -0.4 is 0 Å². The average Bonchev–Trinajstić information content (AvgIpc) is 2.21. The number of rotatable bonds is 0. The molecular formula is C13H19F2N. The molecule has 0 bridgehead atoms. The molecule has 0 spiro atoms. The number of benzene rings is 1. The van der Waals surface area contributed by atoms with Crippen molar-refractivity contribution < 1.29 is 8.78 Å². The number of aryl methyl sites for hydroxylation is 1. The van der Waals surface area contributed by atoms with Crippen LogP contribution in [0.5, 0.6) is 0 Å². The second-order valence-corrected chi connectivity index (χ2v) is 4.04. The molecule has 0 atom stereocenters. The van der Waals surface area contributed by atoms with Gasteiger partial charge in [0, 0.05) is 12.1 Å². The number of nitrogens with zero attached hydrogens (tertiary/aromatic N) is 1. The summed E-state index contributed by atoms with van der Waals surface area (Å²) >= 11 is 0. The predicted octanol–water partition coefficient (Wildman–Crippen LogP) is 3.56. The zero-order valence-electron chi connectivity index (χ0n) is 10.3. The first-order valence-corrected chi connectivity index (χ1v) is 5.65. The van der Waals surface area contributed by atoms with Crippen molar-refractivity contribution in [3.63, 3.8) is 0 Å². The molecule has 16 heavy (non-hydrogen) atoms. The van der Waals surface area contributed by atoms with Crippen LogP contribution in [0.1, 0.15) is 30.5 Å². The monoisotopic (exact) mass is 227 g/mol. The SMILES string of the molecule is CC.Cc1ccc2c(c1)C(F)(F)CN(C)C2. The standard InChI is InChI=1S/C11H13F2N.C2H6/c1-8-3-4-9-6-14(2)7-11(12,13)10(9)5-8;1-2/h3-5H,6-7H2,1-2H3;1-2H3. The molecule has 90 valence electrons. The highest BCUT2D eigenvalue weighted by molar-refractivity contribution is 5.36. The molecule has 0 saturated carbocycles. The molecule has 0 N–H and O–H groups in total. The first kappa shape index (κ1) is 13.1. The van der Waals surface area contributed by atoms with Crippen LogP contribution in [-0.4, -0.2) is 18.5 Å². The molecule has 1 nitrogen and oxygen atoms in total. The highest BCUT2D eigenvalue weighted by Crippen LogP contribution is 2.36. The van der Waals surface area contributed by atoms with Gasteiger partial charge in [-0.1, -0.05) is 31.5 Å². The zero-order chi connectivity index (χ0) is 12.3. The van der Waals surface area contributed by atoms with Crippen molar-refractivity contribution in [3.05, 3.63) is 34.9 Å². The van der Waals surface area contributed by atoms with E-state index in [2.05, 4.69) is 0 Å². The fraction of sp³-hybridized carbons (Fsp3) is 0.538. The lowest BCUT2D eigenvalue weighted by Crippen LogP contribution is -2.38. The van der Waals surface area contributed by atoms with E-state index in [1.807, 2.05) is 26.8 Å². The number of hydrogen-bond donors (Lipinski definition) is 0. The number of halogens is 2. The van der Waals surface area contributed by atoms with Gasteiger partial charge in [-0.3, -0.25) is 4.90 Å². The molecule has 1 aliphatic heterocycles. The molecule has 3 heteroatoms. The van der Waals surface area contributed by atoms with Crippen LogP contribution in [0.3, 0.4) is 0 Å². The summed E-state index contributed by atoms with van der Waals surface area (Å²) in [6.07, 6.45) is 0. The molecule has 2 rings (SSSR count). The molecule has 0 unspecified atom stereocenters. The van der Waals surface area contributed by atoms with Gasteiger partial charge in [0.2, 0.25) is 0 Å². The Kier molecular flexibility index (Phi) is 4.03. The minimum absolute atomic E-state index is 0.177. The lowest BCUT2D eigenvalue weighted by Gasteiger charge is -2.32. The van der Waals surface area contributed by atoms with Gasteiger partial charge in [-0.2, -0.15) is 8.78 Å². The Hall–Kier alpha value is -0.960. The van der Waals surface area contributed by atoms with Crippen LogP contribution in [0.4, 0.5) is 8.78 Å². The van der Waals surface area contributed by atoms with Gasteiger partial charge >= 0.3 is 0 Å². The Morgan fingerprint density at radius 2 is 1.88 bits per heavy atom. The maximum atomic E-state index is 13.6. The summed E-state index contributed by atoms with van der Waals surface area (Å²) in [5.41, 5.74) is 1.85. The van der Waals surface area contributed by atoms with Gasteiger partial charge in [-0.15, -0.1) is 0 Å². The van der Waals surface area contributed by atoms with E-state index in [0.717, 1.165) is 11.1 Å². The molecule has 1 heterocycles. The van der Waals surface area contributed by atoms with Gasteiger partial charge in [-0.25, -0.2) is 0 Å². The quantitative estimate of drug-likeness (QED) is 0.655. The summed E-state index contributed by atoms with van der Waals surface area (Å²) < 4.78 is 27.2. The smallest absolute Gasteiger partial charge is 0.285 e. The van der Waals surface area contributed by atoms with Gasteiger partial charge in [0.05, 0.1) is 6.54 Å². The number of fused-ring (bicyclic) bond motifs is 1. The van der Waals surface area contributed by atoms with Crippen molar-refractivity contribution >= 4 is 0 Å². The van der Waals surface area contributed by atoms with E-state index in [0.29, 0.717) is 6.54 Å². The molecule has 1 aliphatic rings. The van der Waals surface area contributed by atoms with E-state index < -0.39 is 5.92 Å². The summed E-state index contributed by atoms with van der Waals surface area (Å²) in [5.74, 6) is -2.70. The second-order valence-electron chi connectivity index (χ2n) is 4.04. The molecule has 0 amide bonds. The van der Waals surface area contributed by atoms with E-state index in [4.69, 9.17) is 0 Å². The summed E-state index contributed by atoms with van der Waals surface area (Å²) in [6, 6.07) is 5.28. The largest absolute Gasteiger partial charge is 0.296 e. The normalized spacial score (nSPS) is 18.4. The van der Waals surface area contributed by atoms with E-state index >= 15 is 0 Å². The second kappa shape index (κ2) is 4.91. The van der Waals surface area contributed by atoms with Crippen LogP contribution in [0.25, 0.3) is 0 Å². The topological polar surface area (TPSA) is 3.24 Å². The summed E-state index contributed by atoms with van der Waals surface area (Å²) in [6.45, 7) is 6.28. The fourth-order valence-electron chi connectivity index (χ4n) is 1.94. The van der Waals surface area contributed by atoms with Gasteiger partial charge in [0.25, 0.3) is 5.92 Å². The van der Waals surface area contributed by atoms with Crippen LogP contribution >= 0.6 is 0 Å². The maximum Gasteiger partial charge on any atom is 0.285 e. The first-order chi connectivity index (χ1) is 7.49. The molecule has 0 aliphatic carbocycles. The summed E-state index contributed by atoms with van der Waals surface area (Å²) in [5, 5.41) is 0. The molecule has 1 aromatic carbocycles. The summed E-state index contributed by atoms with van der Waals surface area (Å²) in [7, 11) is 1.72. The van der Waals surface area contributed by atoms with Crippen LogP contribution in [-0.2, 0) is 12.5 Å². The van der Waals surface area contributed by atoms with Gasteiger partial charge in [-0.05, 0) is 25.6 Å². The Morgan fingerprint density at radius 3 is 2.50 bits per heavy atom. The van der Waals surface area contributed by atoms with Crippen LogP contribution in [0, 0.1) is 6.92 Å². The average molecular weight is 227 g/mol. The predicted molar refractivity (Wildman–Crippen MR) is 62.8 cm³/mol. The lowest BCUT2D eigenvalue weighted by atomic mass is 9.95. The van der Waals surface area contributed by atoms with E-state index in [1.165, 1.54) is 0 Å². The lowest BCUT2D eigenvalue weighted by molar-refractivity contribution is -0.0455. The van der Waals surface area contributed by atoms with Crippen LogP contribution in [0.15, 0.2) is 18.2 Å². The van der Waals surface area contributed by atoms with Gasteiger partial charge in [0.1, 0.15) is 0 Å². The minimum atomic E-state index is -2.70. The third kappa shape index (κ3) is 2.59.